The molecular weight excluding hydrogens is 177 g/mol. The van der Waals surface area contributed by atoms with Gasteiger partial charge in [-0.1, -0.05) is 27.5 Å². The summed E-state index contributed by atoms with van der Waals surface area (Å²) in [6.45, 7) is 0. The van der Waals surface area contributed by atoms with Gasteiger partial charge in [-0.25, -0.2) is 0 Å². The zero-order valence-electron chi connectivity index (χ0n) is 4.76. The van der Waals surface area contributed by atoms with E-state index in [0.717, 1.165) is 4.47 Å². The number of hydrogen-bond acceptors (Lipinski definition) is 1. The van der Waals surface area contributed by atoms with Crippen molar-refractivity contribution in [3.8, 4) is 0 Å². The standard InChI is InChI=1S/C6H5BBrN/c7-5-3-4(8)1-2-6(5)9/h1-3H,9H2. The molecule has 1 aromatic carbocycles. The van der Waals surface area contributed by atoms with Crippen molar-refractivity contribution in [1.29, 1.82) is 0 Å². The van der Waals surface area contributed by atoms with Crippen molar-refractivity contribution in [1.82, 2.24) is 0 Å². The summed E-state index contributed by atoms with van der Waals surface area (Å²) in [5.41, 5.74) is 6.68. The van der Waals surface area contributed by atoms with Crippen molar-refractivity contribution >= 4 is 34.9 Å². The average Bonchev–Trinajstić information content (AvgIpc) is 1.80. The minimum atomic E-state index is 0.615. The van der Waals surface area contributed by atoms with Crippen LogP contribution in [0.3, 0.4) is 0 Å². The predicted octanol–water partition coefficient (Wildman–Crippen LogP) is 0.825. The number of rotatable bonds is 0. The largest absolute Gasteiger partial charge is 0.399 e. The number of nitrogen functional groups attached to an aromatic ring is 1. The van der Waals surface area contributed by atoms with Crippen LogP contribution in [-0.4, -0.2) is 7.85 Å². The van der Waals surface area contributed by atoms with Crippen molar-refractivity contribution in [2.24, 2.45) is 0 Å². The SMILES string of the molecule is [B]c1cc(Br)ccc1N. The fourth-order valence-electron chi connectivity index (χ4n) is 0.546. The van der Waals surface area contributed by atoms with E-state index in [4.69, 9.17) is 13.6 Å². The highest BCUT2D eigenvalue weighted by Gasteiger charge is 1.90. The highest BCUT2D eigenvalue weighted by atomic mass is 79.9. The molecule has 0 saturated carbocycles. The van der Waals surface area contributed by atoms with Crippen LogP contribution in [-0.2, 0) is 0 Å². The number of anilines is 1. The molecule has 2 radical (unpaired) electrons. The first-order valence-electron chi connectivity index (χ1n) is 2.50. The molecule has 44 valence electrons. The molecule has 3 heteroatoms. The van der Waals surface area contributed by atoms with E-state index in [2.05, 4.69) is 15.9 Å². The molecule has 0 aliphatic heterocycles. The van der Waals surface area contributed by atoms with Crippen LogP contribution in [0.5, 0.6) is 0 Å². The van der Waals surface area contributed by atoms with Crippen LogP contribution in [0.15, 0.2) is 22.7 Å². The molecule has 1 aromatic rings. The Morgan fingerprint density at radius 3 is 2.56 bits per heavy atom. The molecule has 0 spiro atoms. The quantitative estimate of drug-likeness (QED) is 0.466. The van der Waals surface area contributed by atoms with Gasteiger partial charge in [0.1, 0.15) is 7.85 Å². The van der Waals surface area contributed by atoms with Crippen molar-refractivity contribution in [2.45, 2.75) is 0 Å². The van der Waals surface area contributed by atoms with Crippen LogP contribution in [0, 0.1) is 0 Å². The molecule has 0 atom stereocenters. The highest BCUT2D eigenvalue weighted by molar-refractivity contribution is 9.10. The Labute approximate surface area is 63.8 Å². The van der Waals surface area contributed by atoms with Gasteiger partial charge < -0.3 is 5.73 Å². The summed E-state index contributed by atoms with van der Waals surface area (Å²) in [7, 11) is 5.47. The minimum Gasteiger partial charge on any atom is -0.399 e. The fourth-order valence-corrected chi connectivity index (χ4v) is 0.924. The minimum absolute atomic E-state index is 0.615. The van der Waals surface area contributed by atoms with Crippen molar-refractivity contribution in [3.63, 3.8) is 0 Å². The molecule has 0 heterocycles. The molecule has 9 heavy (non-hydrogen) atoms. The monoisotopic (exact) mass is 181 g/mol. The third-order valence-corrected chi connectivity index (χ3v) is 1.54. The molecule has 0 unspecified atom stereocenters. The van der Waals surface area contributed by atoms with E-state index in [9.17, 15) is 0 Å². The Hall–Kier alpha value is -0.435. The normalized spacial score (nSPS) is 9.44. The van der Waals surface area contributed by atoms with Gasteiger partial charge in [-0.05, 0) is 12.1 Å². The van der Waals surface area contributed by atoms with E-state index in [-0.39, 0.29) is 0 Å². The number of nitrogens with two attached hydrogens (primary N) is 1. The van der Waals surface area contributed by atoms with Gasteiger partial charge in [0.15, 0.2) is 0 Å². The van der Waals surface area contributed by atoms with Crippen LogP contribution in [0.1, 0.15) is 0 Å². The number of hydrogen-bond donors (Lipinski definition) is 1. The van der Waals surface area contributed by atoms with E-state index in [0.29, 0.717) is 11.2 Å². The molecule has 1 nitrogen and oxygen atoms in total. The average molecular weight is 182 g/mol. The maximum Gasteiger partial charge on any atom is 0.116 e. The summed E-state index contributed by atoms with van der Waals surface area (Å²) < 4.78 is 0.953. The summed E-state index contributed by atoms with van der Waals surface area (Å²) >= 11 is 3.26. The first-order chi connectivity index (χ1) is 4.20. The van der Waals surface area contributed by atoms with Gasteiger partial charge in [0, 0.05) is 10.2 Å². The second-order valence-corrected chi connectivity index (χ2v) is 2.69. The van der Waals surface area contributed by atoms with Crippen LogP contribution in [0.2, 0.25) is 0 Å². The molecule has 0 aromatic heterocycles. The Bertz CT molecular complexity index is 224. The van der Waals surface area contributed by atoms with Gasteiger partial charge in [0.2, 0.25) is 0 Å². The lowest BCUT2D eigenvalue weighted by Crippen LogP contribution is -2.08. The van der Waals surface area contributed by atoms with E-state index in [1.807, 2.05) is 6.07 Å². The van der Waals surface area contributed by atoms with E-state index < -0.39 is 0 Å². The molecule has 0 aliphatic rings. The number of halogens is 1. The second-order valence-electron chi connectivity index (χ2n) is 1.77. The van der Waals surface area contributed by atoms with Gasteiger partial charge in [0.25, 0.3) is 0 Å². The smallest absolute Gasteiger partial charge is 0.116 e. The van der Waals surface area contributed by atoms with Gasteiger partial charge in [-0.15, -0.1) is 0 Å². The molecule has 1 rings (SSSR count). The maximum atomic E-state index is 5.47. The zero-order valence-corrected chi connectivity index (χ0v) is 6.35. The van der Waals surface area contributed by atoms with Crippen LogP contribution in [0.4, 0.5) is 5.69 Å². The van der Waals surface area contributed by atoms with Crippen LogP contribution < -0.4 is 11.2 Å². The summed E-state index contributed by atoms with van der Waals surface area (Å²) in [6.07, 6.45) is 0. The topological polar surface area (TPSA) is 26.0 Å². The lowest BCUT2D eigenvalue weighted by molar-refractivity contribution is 1.68. The molecule has 0 aliphatic carbocycles. The second kappa shape index (κ2) is 2.44. The van der Waals surface area contributed by atoms with Crippen molar-refractivity contribution in [2.75, 3.05) is 5.73 Å². The lowest BCUT2D eigenvalue weighted by Gasteiger charge is -1.97. The summed E-state index contributed by atoms with van der Waals surface area (Å²) in [6, 6.07) is 5.39. The van der Waals surface area contributed by atoms with E-state index in [1.165, 1.54) is 0 Å². The Morgan fingerprint density at radius 2 is 2.11 bits per heavy atom. The van der Waals surface area contributed by atoms with Gasteiger partial charge in [-0.3, -0.25) is 0 Å². The van der Waals surface area contributed by atoms with Gasteiger partial charge in [-0.2, -0.15) is 0 Å². The van der Waals surface area contributed by atoms with Crippen molar-refractivity contribution in [3.05, 3.63) is 22.7 Å². The first-order valence-corrected chi connectivity index (χ1v) is 3.30. The molecule has 0 fully saturated rings. The van der Waals surface area contributed by atoms with Gasteiger partial charge in [0.05, 0.1) is 0 Å². The first kappa shape index (κ1) is 6.68. The molecule has 0 bridgehead atoms. The molecular formula is C6H5BBrN. The maximum absolute atomic E-state index is 5.47. The van der Waals surface area contributed by atoms with Crippen molar-refractivity contribution < 1.29 is 0 Å². The Kier molecular flexibility index (Phi) is 1.81. The highest BCUT2D eigenvalue weighted by Crippen LogP contribution is 2.08. The van der Waals surface area contributed by atoms with Gasteiger partial charge >= 0.3 is 0 Å². The Balaban J connectivity index is 3.17. The molecule has 2 N–H and O–H groups in total. The summed E-state index contributed by atoms with van der Waals surface area (Å²) in [5, 5.41) is 0. The number of benzene rings is 1. The summed E-state index contributed by atoms with van der Waals surface area (Å²) in [4.78, 5) is 0. The Morgan fingerprint density at radius 1 is 1.44 bits per heavy atom. The summed E-state index contributed by atoms with van der Waals surface area (Å²) in [5.74, 6) is 0. The third-order valence-electron chi connectivity index (χ3n) is 1.05. The zero-order chi connectivity index (χ0) is 6.85. The van der Waals surface area contributed by atoms with E-state index >= 15 is 0 Å². The third kappa shape index (κ3) is 1.48. The van der Waals surface area contributed by atoms with E-state index in [1.54, 1.807) is 12.1 Å². The fraction of sp³-hybridized carbons (Fsp3) is 0. The van der Waals surface area contributed by atoms with Crippen LogP contribution >= 0.6 is 15.9 Å². The lowest BCUT2D eigenvalue weighted by atomic mass is 9.95. The molecule has 0 saturated heterocycles. The molecule has 0 amide bonds. The van der Waals surface area contributed by atoms with Crippen LogP contribution in [0.25, 0.3) is 0 Å². The predicted molar refractivity (Wildman–Crippen MR) is 43.9 cm³/mol.